The first-order valence-corrected chi connectivity index (χ1v) is 5.09. The molecular weight excluding hydrogens is 208 g/mol. The van der Waals surface area contributed by atoms with Crippen LogP contribution in [-0.4, -0.2) is 16.3 Å². The molecule has 4 nitrogen and oxygen atoms in total. The Balaban J connectivity index is 2.71. The van der Waals surface area contributed by atoms with E-state index in [9.17, 15) is 4.79 Å². The predicted octanol–water partition coefficient (Wildman–Crippen LogP) is 2.43. The molecule has 0 fully saturated rings. The van der Waals surface area contributed by atoms with Gasteiger partial charge in [0, 0.05) is 6.42 Å². The van der Waals surface area contributed by atoms with Gasteiger partial charge < -0.3 is 5.11 Å². The molecule has 1 aromatic rings. The molecule has 0 spiro atoms. The van der Waals surface area contributed by atoms with Gasteiger partial charge in [-0.15, -0.1) is 0 Å². The van der Waals surface area contributed by atoms with Crippen LogP contribution in [0.5, 0.6) is 0 Å². The molecule has 0 unspecified atom stereocenters. The van der Waals surface area contributed by atoms with Gasteiger partial charge in [0.05, 0.1) is 0 Å². The number of hydrogen-bond donors (Lipinski definition) is 2. The molecule has 0 bridgehead atoms. The number of benzene rings is 1. The Labute approximate surface area is 94.4 Å². The van der Waals surface area contributed by atoms with Gasteiger partial charge in [-0.3, -0.25) is 10.1 Å². The minimum absolute atomic E-state index is 0.124. The Morgan fingerprint density at radius 1 is 1.31 bits per heavy atom. The lowest BCUT2D eigenvalue weighted by Crippen LogP contribution is -2.19. The predicted molar refractivity (Wildman–Crippen MR) is 59.1 cm³/mol. The zero-order valence-corrected chi connectivity index (χ0v) is 9.43. The molecule has 0 saturated carbocycles. The zero-order valence-electron chi connectivity index (χ0n) is 9.43. The third-order valence-corrected chi connectivity index (χ3v) is 2.50. The van der Waals surface area contributed by atoms with Gasteiger partial charge in [-0.05, 0) is 31.4 Å². The largest absolute Gasteiger partial charge is 0.481 e. The molecule has 0 aliphatic carbocycles. The van der Waals surface area contributed by atoms with Crippen LogP contribution in [0.25, 0.3) is 0 Å². The first-order valence-electron chi connectivity index (χ1n) is 5.09. The number of hydrogen-bond acceptors (Lipinski definition) is 3. The molecule has 0 saturated heterocycles. The topological polar surface area (TPSA) is 66.8 Å². The Bertz CT molecular complexity index is 354. The van der Waals surface area contributed by atoms with Crippen molar-refractivity contribution in [3.05, 3.63) is 35.4 Å². The minimum atomic E-state index is -0.803. The van der Waals surface area contributed by atoms with E-state index in [4.69, 9.17) is 10.4 Å². The summed E-state index contributed by atoms with van der Waals surface area (Å²) >= 11 is 0. The fraction of sp³-hybridized carbons (Fsp3) is 0.417. The van der Waals surface area contributed by atoms with Crippen molar-refractivity contribution in [1.29, 1.82) is 0 Å². The van der Waals surface area contributed by atoms with Gasteiger partial charge in [0.25, 0.3) is 0 Å². The van der Waals surface area contributed by atoms with Crippen LogP contribution in [0.2, 0.25) is 0 Å². The Morgan fingerprint density at radius 2 is 1.88 bits per heavy atom. The van der Waals surface area contributed by atoms with Gasteiger partial charge in [0.1, 0.15) is 5.60 Å². The standard InChI is InChI=1S/C12H16O4/c1-12(2,16-15)10-6-3-9(4-7-10)5-8-11(13)14/h3-4,6-7,15H,5,8H2,1-2H3,(H,13,14). The molecule has 0 aliphatic heterocycles. The van der Waals surface area contributed by atoms with Gasteiger partial charge in [-0.25, -0.2) is 4.89 Å². The van der Waals surface area contributed by atoms with Crippen LogP contribution < -0.4 is 0 Å². The summed E-state index contributed by atoms with van der Waals surface area (Å²) in [5, 5.41) is 17.3. The number of carboxylic acid groups (broad SMARTS) is 1. The molecule has 0 amide bonds. The van der Waals surface area contributed by atoms with Crippen molar-refractivity contribution in [2.45, 2.75) is 32.3 Å². The molecule has 88 valence electrons. The lowest BCUT2D eigenvalue weighted by Gasteiger charge is -2.20. The van der Waals surface area contributed by atoms with E-state index >= 15 is 0 Å². The minimum Gasteiger partial charge on any atom is -0.481 e. The van der Waals surface area contributed by atoms with Crippen LogP contribution in [0.1, 0.15) is 31.4 Å². The van der Waals surface area contributed by atoms with Gasteiger partial charge in [0.2, 0.25) is 0 Å². The molecule has 2 N–H and O–H groups in total. The van der Waals surface area contributed by atoms with E-state index in [1.807, 2.05) is 24.3 Å². The third-order valence-electron chi connectivity index (χ3n) is 2.50. The number of carbonyl (C=O) groups is 1. The van der Waals surface area contributed by atoms with Crippen molar-refractivity contribution >= 4 is 5.97 Å². The smallest absolute Gasteiger partial charge is 0.303 e. The SMILES string of the molecule is CC(C)(OO)c1ccc(CCC(=O)O)cc1. The van der Waals surface area contributed by atoms with Gasteiger partial charge in [-0.2, -0.15) is 0 Å². The third kappa shape index (κ3) is 3.32. The molecule has 0 atom stereocenters. The van der Waals surface area contributed by atoms with Crippen LogP contribution in [-0.2, 0) is 21.7 Å². The van der Waals surface area contributed by atoms with Crippen molar-refractivity contribution in [3.8, 4) is 0 Å². The maximum Gasteiger partial charge on any atom is 0.303 e. The van der Waals surface area contributed by atoms with Crippen LogP contribution >= 0.6 is 0 Å². The molecule has 0 heterocycles. The van der Waals surface area contributed by atoms with E-state index < -0.39 is 11.6 Å². The molecule has 1 aromatic carbocycles. The number of carboxylic acids is 1. The molecule has 0 radical (unpaired) electrons. The van der Waals surface area contributed by atoms with Gasteiger partial charge in [0.15, 0.2) is 0 Å². The maximum absolute atomic E-state index is 10.4. The zero-order chi connectivity index (χ0) is 12.2. The average Bonchev–Trinajstić information content (AvgIpc) is 2.27. The summed E-state index contributed by atoms with van der Waals surface area (Å²) in [5.74, 6) is -0.803. The van der Waals surface area contributed by atoms with Crippen LogP contribution in [0.4, 0.5) is 0 Å². The normalized spacial score (nSPS) is 11.4. The average molecular weight is 224 g/mol. The summed E-state index contributed by atoms with van der Waals surface area (Å²) in [5.41, 5.74) is 1.06. The van der Waals surface area contributed by atoms with E-state index in [0.29, 0.717) is 6.42 Å². The first kappa shape index (κ1) is 12.7. The van der Waals surface area contributed by atoms with E-state index in [0.717, 1.165) is 11.1 Å². The van der Waals surface area contributed by atoms with E-state index in [1.165, 1.54) is 0 Å². The summed E-state index contributed by atoms with van der Waals surface area (Å²) < 4.78 is 0. The van der Waals surface area contributed by atoms with Crippen LogP contribution in [0.3, 0.4) is 0 Å². The quantitative estimate of drug-likeness (QED) is 0.595. The van der Waals surface area contributed by atoms with Crippen LogP contribution in [0.15, 0.2) is 24.3 Å². The van der Waals surface area contributed by atoms with E-state index in [1.54, 1.807) is 13.8 Å². The highest BCUT2D eigenvalue weighted by Crippen LogP contribution is 2.23. The molecular formula is C12H16O4. The van der Waals surface area contributed by atoms with Crippen molar-refractivity contribution < 1.29 is 20.0 Å². The van der Waals surface area contributed by atoms with Crippen molar-refractivity contribution in [2.75, 3.05) is 0 Å². The molecule has 0 aromatic heterocycles. The highest BCUT2D eigenvalue weighted by molar-refractivity contribution is 5.67. The molecule has 0 aliphatic rings. The monoisotopic (exact) mass is 224 g/mol. The Hall–Kier alpha value is -1.39. The number of aliphatic carboxylic acids is 1. The molecule has 4 heteroatoms. The van der Waals surface area contributed by atoms with Crippen molar-refractivity contribution in [2.24, 2.45) is 0 Å². The summed E-state index contributed by atoms with van der Waals surface area (Å²) in [6.45, 7) is 3.50. The highest BCUT2D eigenvalue weighted by Gasteiger charge is 2.20. The summed E-state index contributed by atoms with van der Waals surface area (Å²) in [4.78, 5) is 14.8. The fourth-order valence-electron chi connectivity index (χ4n) is 1.38. The van der Waals surface area contributed by atoms with Crippen molar-refractivity contribution in [3.63, 3.8) is 0 Å². The highest BCUT2D eigenvalue weighted by atomic mass is 17.1. The maximum atomic E-state index is 10.4. The number of aryl methyl sites for hydroxylation is 1. The second-order valence-corrected chi connectivity index (χ2v) is 4.19. The lowest BCUT2D eigenvalue weighted by atomic mass is 9.96. The van der Waals surface area contributed by atoms with E-state index in [2.05, 4.69) is 4.89 Å². The second kappa shape index (κ2) is 5.09. The molecule has 16 heavy (non-hydrogen) atoms. The first-order chi connectivity index (χ1) is 7.45. The Morgan fingerprint density at radius 3 is 2.31 bits per heavy atom. The van der Waals surface area contributed by atoms with E-state index in [-0.39, 0.29) is 6.42 Å². The molecule has 1 rings (SSSR count). The van der Waals surface area contributed by atoms with Gasteiger partial charge in [-0.1, -0.05) is 24.3 Å². The lowest BCUT2D eigenvalue weighted by molar-refractivity contribution is -0.318. The summed E-state index contributed by atoms with van der Waals surface area (Å²) in [6.07, 6.45) is 0.634. The summed E-state index contributed by atoms with van der Waals surface area (Å²) in [7, 11) is 0. The van der Waals surface area contributed by atoms with Crippen LogP contribution in [0, 0.1) is 0 Å². The Kier molecular flexibility index (Phi) is 4.04. The number of rotatable bonds is 5. The fourth-order valence-corrected chi connectivity index (χ4v) is 1.38. The van der Waals surface area contributed by atoms with Crippen molar-refractivity contribution in [1.82, 2.24) is 0 Å². The second-order valence-electron chi connectivity index (χ2n) is 4.19. The van der Waals surface area contributed by atoms with Gasteiger partial charge >= 0.3 is 5.97 Å². The summed E-state index contributed by atoms with van der Waals surface area (Å²) in [6, 6.07) is 7.35.